The van der Waals surface area contributed by atoms with Gasteiger partial charge >= 0.3 is 5.97 Å². The molecule has 1 rings (SSSR count). The van der Waals surface area contributed by atoms with Crippen molar-refractivity contribution >= 4 is 11.9 Å². The molecule has 5 nitrogen and oxygen atoms in total. The molecule has 1 fully saturated rings. The Morgan fingerprint density at radius 3 is 2.31 bits per heavy atom. The van der Waals surface area contributed by atoms with Gasteiger partial charge in [0.15, 0.2) is 0 Å². The topological polar surface area (TPSA) is 86.6 Å². The molecule has 92 valence electrons. The van der Waals surface area contributed by atoms with Crippen molar-refractivity contribution in [1.82, 2.24) is 5.32 Å². The molecule has 0 spiro atoms. The normalized spacial score (nSPS) is 21.1. The Bertz CT molecular complexity index is 271. The van der Waals surface area contributed by atoms with Crippen molar-refractivity contribution in [2.75, 3.05) is 6.61 Å². The molecule has 16 heavy (non-hydrogen) atoms. The number of aliphatic hydroxyl groups excluding tert-OH is 1. The number of carbonyl (C=O) groups excluding carboxylic acids is 1. The molecular formula is C11H19NO4. The van der Waals surface area contributed by atoms with Crippen molar-refractivity contribution in [3.8, 4) is 0 Å². The Morgan fingerprint density at radius 2 is 1.88 bits per heavy atom. The van der Waals surface area contributed by atoms with Crippen LogP contribution in [0.4, 0.5) is 0 Å². The number of carbonyl (C=O) groups is 2. The van der Waals surface area contributed by atoms with Crippen LogP contribution in [0.3, 0.4) is 0 Å². The van der Waals surface area contributed by atoms with E-state index >= 15 is 0 Å². The summed E-state index contributed by atoms with van der Waals surface area (Å²) in [6.45, 7) is 1.29. The van der Waals surface area contributed by atoms with E-state index < -0.39 is 24.0 Å². The maximum absolute atomic E-state index is 11.9. The fourth-order valence-electron chi connectivity index (χ4n) is 2.08. The summed E-state index contributed by atoms with van der Waals surface area (Å²) in [6.07, 6.45) is 4.71. The minimum absolute atomic E-state index is 0.256. The van der Waals surface area contributed by atoms with Gasteiger partial charge in [-0.1, -0.05) is 26.2 Å². The first-order valence-corrected chi connectivity index (χ1v) is 5.64. The fraction of sp³-hybridized carbons (Fsp3) is 0.818. The van der Waals surface area contributed by atoms with Gasteiger partial charge in [0.2, 0.25) is 5.91 Å². The Kier molecular flexibility index (Phi) is 4.29. The molecule has 1 atom stereocenters. The third kappa shape index (κ3) is 2.95. The highest BCUT2D eigenvalue weighted by atomic mass is 16.4. The zero-order chi connectivity index (χ0) is 12.2. The largest absolute Gasteiger partial charge is 0.480 e. The van der Waals surface area contributed by atoms with Crippen LogP contribution in [0.5, 0.6) is 0 Å². The fourth-order valence-corrected chi connectivity index (χ4v) is 2.08. The maximum Gasteiger partial charge on any atom is 0.328 e. The summed E-state index contributed by atoms with van der Waals surface area (Å²) in [5.74, 6) is -1.45. The molecule has 0 bridgehead atoms. The van der Waals surface area contributed by atoms with Gasteiger partial charge in [0, 0.05) is 5.41 Å². The van der Waals surface area contributed by atoms with E-state index in [0.29, 0.717) is 0 Å². The molecule has 1 saturated carbocycles. The number of rotatable bonds is 4. The summed E-state index contributed by atoms with van der Waals surface area (Å²) in [6, 6.07) is -1.19. The van der Waals surface area contributed by atoms with Crippen LogP contribution < -0.4 is 5.32 Å². The van der Waals surface area contributed by atoms with Gasteiger partial charge in [-0.15, -0.1) is 0 Å². The Morgan fingerprint density at radius 1 is 1.31 bits per heavy atom. The molecule has 1 unspecified atom stereocenters. The standard InChI is InChI=1S/C11H19NO4/c1-11(5-3-2-4-6-11)10(16)12-8(7-13)9(14)15/h8,13H,2-7H2,1H3,(H,12,16)(H,14,15). The molecule has 5 heteroatoms. The SMILES string of the molecule is CC1(C(=O)NC(CO)C(=O)O)CCCCC1. The number of aliphatic carboxylic acids is 1. The van der Waals surface area contributed by atoms with Crippen molar-refractivity contribution in [3.05, 3.63) is 0 Å². The van der Waals surface area contributed by atoms with Crippen molar-refractivity contribution in [2.24, 2.45) is 5.41 Å². The summed E-state index contributed by atoms with van der Waals surface area (Å²) in [7, 11) is 0. The minimum atomic E-state index is -1.20. The lowest BCUT2D eigenvalue weighted by atomic mass is 9.75. The Labute approximate surface area is 94.8 Å². The van der Waals surface area contributed by atoms with Crippen LogP contribution in [0, 0.1) is 5.41 Å². The first-order valence-electron chi connectivity index (χ1n) is 5.64. The van der Waals surface area contributed by atoms with Gasteiger partial charge in [-0.2, -0.15) is 0 Å². The quantitative estimate of drug-likeness (QED) is 0.656. The van der Waals surface area contributed by atoms with Gasteiger partial charge in [0.1, 0.15) is 6.04 Å². The number of nitrogens with one attached hydrogen (secondary N) is 1. The first-order chi connectivity index (χ1) is 7.49. The molecule has 0 aromatic heterocycles. The van der Waals surface area contributed by atoms with Gasteiger partial charge in [-0.25, -0.2) is 4.79 Å². The second kappa shape index (κ2) is 5.30. The molecule has 0 heterocycles. The molecule has 1 aliphatic carbocycles. The summed E-state index contributed by atoms with van der Waals surface area (Å²) in [4.78, 5) is 22.6. The molecular weight excluding hydrogens is 210 g/mol. The monoisotopic (exact) mass is 229 g/mol. The molecule has 0 aromatic carbocycles. The van der Waals surface area contributed by atoms with Gasteiger partial charge in [0.05, 0.1) is 6.61 Å². The van der Waals surface area contributed by atoms with Crippen molar-refractivity contribution in [2.45, 2.75) is 45.1 Å². The number of carboxylic acid groups (broad SMARTS) is 1. The number of hydrogen-bond donors (Lipinski definition) is 3. The van der Waals surface area contributed by atoms with E-state index in [1.54, 1.807) is 0 Å². The van der Waals surface area contributed by atoms with Crippen LogP contribution in [-0.2, 0) is 9.59 Å². The van der Waals surface area contributed by atoms with E-state index in [2.05, 4.69) is 5.32 Å². The van der Waals surface area contributed by atoms with E-state index in [1.165, 1.54) is 0 Å². The van der Waals surface area contributed by atoms with E-state index in [1.807, 2.05) is 6.92 Å². The van der Waals surface area contributed by atoms with Gasteiger partial charge in [-0.3, -0.25) is 4.79 Å². The zero-order valence-corrected chi connectivity index (χ0v) is 9.53. The summed E-state index contributed by atoms with van der Waals surface area (Å²) in [5.41, 5.74) is -0.471. The highest BCUT2D eigenvalue weighted by Crippen LogP contribution is 2.35. The van der Waals surface area contributed by atoms with Gasteiger partial charge < -0.3 is 15.5 Å². The second-order valence-corrected chi connectivity index (χ2v) is 4.67. The molecule has 1 amide bonds. The van der Waals surface area contributed by atoms with E-state index in [0.717, 1.165) is 32.1 Å². The molecule has 0 aliphatic heterocycles. The third-order valence-electron chi connectivity index (χ3n) is 3.29. The van der Waals surface area contributed by atoms with Crippen LogP contribution >= 0.6 is 0 Å². The summed E-state index contributed by atoms with van der Waals surface area (Å²) in [5, 5.41) is 19.9. The lowest BCUT2D eigenvalue weighted by Crippen LogP contribution is -2.49. The van der Waals surface area contributed by atoms with Crippen LogP contribution in [0.1, 0.15) is 39.0 Å². The highest BCUT2D eigenvalue weighted by Gasteiger charge is 2.36. The smallest absolute Gasteiger partial charge is 0.328 e. The van der Waals surface area contributed by atoms with Crippen LogP contribution in [0.2, 0.25) is 0 Å². The van der Waals surface area contributed by atoms with E-state index in [4.69, 9.17) is 10.2 Å². The average Bonchev–Trinajstić information content (AvgIpc) is 2.26. The highest BCUT2D eigenvalue weighted by molar-refractivity contribution is 5.87. The lowest BCUT2D eigenvalue weighted by Gasteiger charge is -2.32. The predicted octanol–water partition coefficient (Wildman–Crippen LogP) is 0.518. The number of amides is 1. The molecule has 0 saturated heterocycles. The second-order valence-electron chi connectivity index (χ2n) is 4.67. The van der Waals surface area contributed by atoms with Crippen molar-refractivity contribution < 1.29 is 19.8 Å². The Hall–Kier alpha value is -1.10. The Balaban J connectivity index is 2.59. The van der Waals surface area contributed by atoms with Crippen LogP contribution in [-0.4, -0.2) is 34.7 Å². The van der Waals surface area contributed by atoms with E-state index in [-0.39, 0.29) is 5.91 Å². The molecule has 0 radical (unpaired) electrons. The molecule has 1 aliphatic rings. The van der Waals surface area contributed by atoms with E-state index in [9.17, 15) is 9.59 Å². The van der Waals surface area contributed by atoms with Gasteiger partial charge in [0.25, 0.3) is 0 Å². The predicted molar refractivity (Wildman–Crippen MR) is 57.8 cm³/mol. The maximum atomic E-state index is 11.9. The van der Waals surface area contributed by atoms with Crippen molar-refractivity contribution in [1.29, 1.82) is 0 Å². The van der Waals surface area contributed by atoms with Gasteiger partial charge in [-0.05, 0) is 12.8 Å². The molecule has 3 N–H and O–H groups in total. The number of hydrogen-bond acceptors (Lipinski definition) is 3. The minimum Gasteiger partial charge on any atom is -0.480 e. The third-order valence-corrected chi connectivity index (χ3v) is 3.29. The first kappa shape index (κ1) is 13.0. The lowest BCUT2D eigenvalue weighted by molar-refractivity contribution is -0.145. The van der Waals surface area contributed by atoms with Crippen LogP contribution in [0.15, 0.2) is 0 Å². The molecule has 0 aromatic rings. The zero-order valence-electron chi connectivity index (χ0n) is 9.53. The summed E-state index contributed by atoms with van der Waals surface area (Å²) < 4.78 is 0. The number of aliphatic hydroxyl groups is 1. The average molecular weight is 229 g/mol. The van der Waals surface area contributed by atoms with Crippen molar-refractivity contribution in [3.63, 3.8) is 0 Å². The van der Waals surface area contributed by atoms with Crippen LogP contribution in [0.25, 0.3) is 0 Å². The number of carboxylic acids is 1. The summed E-state index contributed by atoms with van der Waals surface area (Å²) >= 11 is 0.